The van der Waals surface area contributed by atoms with Crippen molar-refractivity contribution < 1.29 is 9.21 Å². The molecular weight excluding hydrogens is 216 g/mol. The number of nitrogens with zero attached hydrogens (tertiary/aromatic N) is 2. The van der Waals surface area contributed by atoms with Gasteiger partial charge in [0.1, 0.15) is 6.26 Å². The predicted octanol–water partition coefficient (Wildman–Crippen LogP) is 2.48. The number of carbonyl (C=O) groups excluding carboxylic acids is 1. The van der Waals surface area contributed by atoms with E-state index in [4.69, 9.17) is 4.42 Å². The Labute approximate surface area is 100 Å². The lowest BCUT2D eigenvalue weighted by molar-refractivity contribution is 0.0990. The smallest absolute Gasteiger partial charge is 0.172 e. The Morgan fingerprint density at radius 2 is 2.29 bits per heavy atom. The van der Waals surface area contributed by atoms with Crippen molar-refractivity contribution in [3.8, 4) is 0 Å². The quantitative estimate of drug-likeness (QED) is 0.744. The Morgan fingerprint density at radius 3 is 2.88 bits per heavy atom. The molecule has 90 valence electrons. The summed E-state index contributed by atoms with van der Waals surface area (Å²) in [6, 6.07) is 3.69. The fourth-order valence-corrected chi connectivity index (χ4v) is 1.79. The Bertz CT molecular complexity index is 497. The number of hydrogen-bond acceptors (Lipinski definition) is 3. The summed E-state index contributed by atoms with van der Waals surface area (Å²) in [5.41, 5.74) is 2.62. The number of Topliss-reactive ketones (excluding diaryl/α,β-unsaturated/α-hetero) is 1. The Morgan fingerprint density at radius 1 is 1.47 bits per heavy atom. The van der Waals surface area contributed by atoms with Crippen LogP contribution < -0.4 is 0 Å². The lowest BCUT2D eigenvalue weighted by atomic mass is 10.1. The largest absolute Gasteiger partial charge is 0.472 e. The van der Waals surface area contributed by atoms with Crippen LogP contribution in [0.2, 0.25) is 0 Å². The van der Waals surface area contributed by atoms with Gasteiger partial charge in [-0.05, 0) is 25.5 Å². The second-order valence-electron chi connectivity index (χ2n) is 3.91. The molecular formula is C13H16N2O2. The molecule has 0 saturated carbocycles. The first-order valence-corrected chi connectivity index (χ1v) is 5.85. The average molecular weight is 232 g/mol. The van der Waals surface area contributed by atoms with Crippen LogP contribution in [0.15, 0.2) is 29.1 Å². The predicted molar refractivity (Wildman–Crippen MR) is 64.0 cm³/mol. The third-order valence-electron chi connectivity index (χ3n) is 2.76. The van der Waals surface area contributed by atoms with Crippen LogP contribution in [-0.2, 0) is 19.4 Å². The van der Waals surface area contributed by atoms with Crippen molar-refractivity contribution in [3.63, 3.8) is 0 Å². The molecule has 0 N–H and O–H groups in total. The van der Waals surface area contributed by atoms with Gasteiger partial charge in [-0.2, -0.15) is 5.10 Å². The van der Waals surface area contributed by atoms with Crippen LogP contribution in [0.3, 0.4) is 0 Å². The number of hydrogen-bond donors (Lipinski definition) is 0. The van der Waals surface area contributed by atoms with E-state index in [1.807, 2.05) is 17.7 Å². The van der Waals surface area contributed by atoms with Gasteiger partial charge < -0.3 is 4.42 Å². The third-order valence-corrected chi connectivity index (χ3v) is 2.76. The van der Waals surface area contributed by atoms with Gasteiger partial charge in [-0.1, -0.05) is 6.92 Å². The van der Waals surface area contributed by atoms with E-state index in [2.05, 4.69) is 12.0 Å². The first-order valence-electron chi connectivity index (χ1n) is 5.85. The second kappa shape index (κ2) is 4.99. The van der Waals surface area contributed by atoms with Gasteiger partial charge in [0, 0.05) is 12.2 Å². The van der Waals surface area contributed by atoms with Crippen molar-refractivity contribution in [3.05, 3.63) is 41.6 Å². The Balaban J connectivity index is 2.18. The first kappa shape index (κ1) is 11.6. The molecule has 4 nitrogen and oxygen atoms in total. The van der Waals surface area contributed by atoms with Crippen LogP contribution in [0.25, 0.3) is 0 Å². The summed E-state index contributed by atoms with van der Waals surface area (Å²) in [4.78, 5) is 11.9. The van der Waals surface area contributed by atoms with Crippen LogP contribution in [0, 0.1) is 0 Å². The van der Waals surface area contributed by atoms with E-state index in [0.717, 1.165) is 24.4 Å². The van der Waals surface area contributed by atoms with Gasteiger partial charge in [0.15, 0.2) is 5.78 Å². The van der Waals surface area contributed by atoms with Crippen molar-refractivity contribution >= 4 is 5.78 Å². The molecule has 0 spiro atoms. The van der Waals surface area contributed by atoms with Crippen molar-refractivity contribution in [1.82, 2.24) is 9.78 Å². The monoisotopic (exact) mass is 232 g/mol. The molecule has 0 aliphatic heterocycles. The van der Waals surface area contributed by atoms with E-state index in [1.54, 1.807) is 6.07 Å². The van der Waals surface area contributed by atoms with Crippen molar-refractivity contribution in [2.24, 2.45) is 0 Å². The maximum atomic E-state index is 11.9. The summed E-state index contributed by atoms with van der Waals surface area (Å²) >= 11 is 0. The highest BCUT2D eigenvalue weighted by molar-refractivity contribution is 5.96. The van der Waals surface area contributed by atoms with Gasteiger partial charge in [-0.25, -0.2) is 0 Å². The van der Waals surface area contributed by atoms with Gasteiger partial charge in [-0.15, -0.1) is 0 Å². The van der Waals surface area contributed by atoms with Gasteiger partial charge in [0.05, 0.1) is 23.9 Å². The third kappa shape index (κ3) is 2.46. The summed E-state index contributed by atoms with van der Waals surface area (Å²) in [6.07, 6.45) is 4.26. The molecule has 0 amide bonds. The van der Waals surface area contributed by atoms with E-state index in [9.17, 15) is 4.79 Å². The molecule has 0 aliphatic rings. The average Bonchev–Trinajstić information content (AvgIpc) is 2.97. The van der Waals surface area contributed by atoms with Crippen LogP contribution in [-0.4, -0.2) is 15.6 Å². The van der Waals surface area contributed by atoms with Gasteiger partial charge in [0.2, 0.25) is 0 Å². The minimum absolute atomic E-state index is 0.0657. The highest BCUT2D eigenvalue weighted by Crippen LogP contribution is 2.10. The lowest BCUT2D eigenvalue weighted by Gasteiger charge is -2.02. The van der Waals surface area contributed by atoms with Crippen LogP contribution in [0.5, 0.6) is 0 Å². The Hall–Kier alpha value is -1.84. The highest BCUT2D eigenvalue weighted by Gasteiger charge is 2.12. The molecule has 0 aliphatic carbocycles. The molecule has 17 heavy (non-hydrogen) atoms. The minimum Gasteiger partial charge on any atom is -0.472 e. The summed E-state index contributed by atoms with van der Waals surface area (Å²) in [5, 5.41) is 4.42. The molecule has 4 heteroatoms. The van der Waals surface area contributed by atoms with Gasteiger partial charge in [0.25, 0.3) is 0 Å². The normalized spacial score (nSPS) is 10.7. The van der Waals surface area contributed by atoms with Crippen molar-refractivity contribution in [2.75, 3.05) is 0 Å². The summed E-state index contributed by atoms with van der Waals surface area (Å²) in [6.45, 7) is 4.87. The summed E-state index contributed by atoms with van der Waals surface area (Å²) in [5.74, 6) is 0.0657. The number of aryl methyl sites for hydroxylation is 2. The van der Waals surface area contributed by atoms with Crippen molar-refractivity contribution in [2.45, 2.75) is 33.2 Å². The topological polar surface area (TPSA) is 48.0 Å². The van der Waals surface area contributed by atoms with Gasteiger partial charge in [-0.3, -0.25) is 9.48 Å². The van der Waals surface area contributed by atoms with Crippen molar-refractivity contribution in [1.29, 1.82) is 0 Å². The SMILES string of the molecule is CCc1cc(CC(=O)c2ccoc2)n(CC)n1. The molecule has 0 fully saturated rings. The second-order valence-corrected chi connectivity index (χ2v) is 3.91. The molecule has 2 heterocycles. The summed E-state index contributed by atoms with van der Waals surface area (Å²) in [7, 11) is 0. The summed E-state index contributed by atoms with van der Waals surface area (Å²) < 4.78 is 6.80. The fourth-order valence-electron chi connectivity index (χ4n) is 1.79. The molecule has 2 aromatic heterocycles. The molecule has 2 aromatic rings. The number of furan rings is 1. The molecule has 0 unspecified atom stereocenters. The van der Waals surface area contributed by atoms with Crippen LogP contribution in [0.1, 0.15) is 35.6 Å². The first-order chi connectivity index (χ1) is 8.24. The van der Waals surface area contributed by atoms with E-state index in [-0.39, 0.29) is 5.78 Å². The number of carbonyl (C=O) groups is 1. The van der Waals surface area contributed by atoms with E-state index in [1.165, 1.54) is 12.5 Å². The molecule has 2 rings (SSSR count). The highest BCUT2D eigenvalue weighted by atomic mass is 16.3. The standard InChI is InChI=1S/C13H16N2O2/c1-3-11-7-12(15(4-2)14-11)8-13(16)10-5-6-17-9-10/h5-7,9H,3-4,8H2,1-2H3. The zero-order valence-electron chi connectivity index (χ0n) is 10.1. The van der Waals surface area contributed by atoms with E-state index < -0.39 is 0 Å². The fraction of sp³-hybridized carbons (Fsp3) is 0.385. The number of rotatable bonds is 5. The maximum Gasteiger partial charge on any atom is 0.172 e. The van der Waals surface area contributed by atoms with Crippen LogP contribution >= 0.6 is 0 Å². The molecule has 0 bridgehead atoms. The zero-order chi connectivity index (χ0) is 12.3. The number of aromatic nitrogens is 2. The van der Waals surface area contributed by atoms with E-state index in [0.29, 0.717) is 12.0 Å². The van der Waals surface area contributed by atoms with E-state index >= 15 is 0 Å². The lowest BCUT2D eigenvalue weighted by Crippen LogP contribution is -2.09. The number of ketones is 1. The minimum atomic E-state index is 0.0657. The van der Waals surface area contributed by atoms with Crippen LogP contribution in [0.4, 0.5) is 0 Å². The maximum absolute atomic E-state index is 11.9. The molecule has 0 aromatic carbocycles. The zero-order valence-corrected chi connectivity index (χ0v) is 10.1. The molecule has 0 saturated heterocycles. The Kier molecular flexibility index (Phi) is 3.42. The van der Waals surface area contributed by atoms with Gasteiger partial charge >= 0.3 is 0 Å². The molecule has 0 radical (unpaired) electrons. The molecule has 0 atom stereocenters.